The number of aryl methyl sites for hydroxylation is 1. The average molecular weight is 429 g/mol. The summed E-state index contributed by atoms with van der Waals surface area (Å²) in [6.07, 6.45) is -3.25. The van der Waals surface area contributed by atoms with Gasteiger partial charge in [-0.3, -0.25) is 9.97 Å². The molecule has 1 N–H and O–H groups in total. The van der Waals surface area contributed by atoms with Crippen LogP contribution in [0.2, 0.25) is 0 Å². The number of aromatic amines is 1. The van der Waals surface area contributed by atoms with Crippen LogP contribution in [0.3, 0.4) is 0 Å². The molecule has 2 aromatic heterocycles. The van der Waals surface area contributed by atoms with Crippen LogP contribution in [0.5, 0.6) is 17.2 Å². The largest absolute Gasteiger partial charge is 0.609 e. The van der Waals surface area contributed by atoms with Crippen LogP contribution in [0.25, 0.3) is 11.0 Å². The molecule has 3 aromatic rings. The zero-order valence-electron chi connectivity index (χ0n) is 16.0. The Morgan fingerprint density at radius 2 is 1.86 bits per heavy atom. The maximum atomic E-state index is 12.8. The SMILES string of the molecule is COc1cc2nc([S+]([O-])Cc3ncc(C)c(OC)c3C)[nH]c2cc1OC(F)(F)F. The van der Waals surface area contributed by atoms with Crippen LogP contribution in [0.4, 0.5) is 13.2 Å². The van der Waals surface area contributed by atoms with Crippen molar-refractivity contribution in [3.8, 4) is 17.2 Å². The third-order valence-corrected chi connectivity index (χ3v) is 5.36. The minimum atomic E-state index is -4.87. The molecule has 0 bridgehead atoms. The summed E-state index contributed by atoms with van der Waals surface area (Å²) >= 11 is -1.62. The predicted molar refractivity (Wildman–Crippen MR) is 99.7 cm³/mol. The average Bonchev–Trinajstić information content (AvgIpc) is 3.05. The highest BCUT2D eigenvalue weighted by Crippen LogP contribution is 2.36. The van der Waals surface area contributed by atoms with Gasteiger partial charge < -0.3 is 18.8 Å². The van der Waals surface area contributed by atoms with Crippen molar-refractivity contribution in [2.24, 2.45) is 0 Å². The van der Waals surface area contributed by atoms with E-state index in [4.69, 9.17) is 9.47 Å². The number of benzene rings is 1. The van der Waals surface area contributed by atoms with Gasteiger partial charge in [-0.2, -0.15) is 4.98 Å². The molecular weight excluding hydrogens is 411 g/mol. The van der Waals surface area contributed by atoms with Crippen LogP contribution in [-0.2, 0) is 16.9 Å². The van der Waals surface area contributed by atoms with Crippen LogP contribution in [0.1, 0.15) is 16.8 Å². The molecule has 0 fully saturated rings. The molecule has 0 saturated heterocycles. The number of methoxy groups -OCH3 is 2. The Hall–Kier alpha value is -2.66. The summed E-state index contributed by atoms with van der Waals surface area (Å²) in [7, 11) is 2.76. The molecule has 0 aliphatic carbocycles. The Kier molecular flexibility index (Phi) is 5.80. The Bertz CT molecular complexity index is 1040. The summed E-state index contributed by atoms with van der Waals surface area (Å²) in [5, 5.41) is 0.104. The van der Waals surface area contributed by atoms with E-state index >= 15 is 0 Å². The number of fused-ring (bicyclic) bond motifs is 1. The second-order valence-electron chi connectivity index (χ2n) is 6.15. The molecule has 29 heavy (non-hydrogen) atoms. The van der Waals surface area contributed by atoms with Gasteiger partial charge in [-0.05, 0) is 13.8 Å². The third-order valence-electron chi connectivity index (χ3n) is 4.20. The number of H-pyrrole nitrogens is 1. The van der Waals surface area contributed by atoms with Crippen LogP contribution in [0, 0.1) is 13.8 Å². The van der Waals surface area contributed by atoms with Crippen LogP contribution in [0.15, 0.2) is 23.5 Å². The van der Waals surface area contributed by atoms with Gasteiger partial charge in [0.1, 0.15) is 5.75 Å². The van der Waals surface area contributed by atoms with E-state index in [1.807, 2.05) is 13.8 Å². The number of ether oxygens (including phenoxy) is 3. The summed E-state index contributed by atoms with van der Waals surface area (Å²) in [5.74, 6) is 0.0645. The van der Waals surface area contributed by atoms with Crippen molar-refractivity contribution in [1.82, 2.24) is 15.0 Å². The van der Waals surface area contributed by atoms with E-state index in [0.29, 0.717) is 17.0 Å². The number of hydrogen-bond acceptors (Lipinski definition) is 6. The lowest BCUT2D eigenvalue weighted by Gasteiger charge is -2.13. The molecular formula is C18H18F3N3O4S. The van der Waals surface area contributed by atoms with Gasteiger partial charge in [0.05, 0.1) is 30.9 Å². The molecule has 0 saturated carbocycles. The van der Waals surface area contributed by atoms with Crippen molar-refractivity contribution in [3.63, 3.8) is 0 Å². The summed E-state index contributed by atoms with van der Waals surface area (Å²) in [6, 6.07) is 2.39. The van der Waals surface area contributed by atoms with Gasteiger partial charge in [-0.1, -0.05) is 0 Å². The monoisotopic (exact) mass is 429 g/mol. The second kappa shape index (κ2) is 7.99. The standard InChI is InChI=1S/C18H18F3N3O4S/c1-9-7-22-13(10(2)16(9)27-4)8-29(25)17-23-11-5-14(26-3)15(6-12(11)24-17)28-18(19,20)21/h5-7H,8H2,1-4H3,(H,23,24). The summed E-state index contributed by atoms with van der Waals surface area (Å²) in [4.78, 5) is 11.3. The van der Waals surface area contributed by atoms with Crippen molar-refractivity contribution < 1.29 is 31.9 Å². The number of nitrogens with one attached hydrogen (secondary N) is 1. The lowest BCUT2D eigenvalue weighted by molar-refractivity contribution is -0.275. The highest BCUT2D eigenvalue weighted by Gasteiger charge is 2.33. The van der Waals surface area contributed by atoms with Gasteiger partial charge in [0, 0.05) is 40.6 Å². The first-order valence-electron chi connectivity index (χ1n) is 8.34. The summed E-state index contributed by atoms with van der Waals surface area (Å²) in [5.41, 5.74) is 2.72. The Morgan fingerprint density at radius 1 is 1.14 bits per heavy atom. The van der Waals surface area contributed by atoms with Gasteiger partial charge in [-0.25, -0.2) is 0 Å². The normalized spacial score (nSPS) is 12.8. The minimum Gasteiger partial charge on any atom is -0.609 e. The van der Waals surface area contributed by atoms with Gasteiger partial charge >= 0.3 is 11.5 Å². The van der Waals surface area contributed by atoms with Crippen molar-refractivity contribution >= 4 is 22.2 Å². The number of aromatic nitrogens is 3. The fraction of sp³-hybridized carbons (Fsp3) is 0.333. The fourth-order valence-electron chi connectivity index (χ4n) is 2.88. The summed E-state index contributed by atoms with van der Waals surface area (Å²) in [6.45, 7) is 3.67. The van der Waals surface area contributed by atoms with Crippen LogP contribution in [-0.4, -0.2) is 40.1 Å². The molecule has 0 aliphatic rings. The van der Waals surface area contributed by atoms with Crippen LogP contribution < -0.4 is 14.2 Å². The zero-order chi connectivity index (χ0) is 21.3. The highest BCUT2D eigenvalue weighted by atomic mass is 32.2. The first-order valence-corrected chi connectivity index (χ1v) is 9.65. The smallest absolute Gasteiger partial charge is 0.573 e. The number of hydrogen-bond donors (Lipinski definition) is 1. The highest BCUT2D eigenvalue weighted by molar-refractivity contribution is 7.90. The second-order valence-corrected chi connectivity index (χ2v) is 7.51. The van der Waals surface area contributed by atoms with E-state index in [-0.39, 0.29) is 22.2 Å². The van der Waals surface area contributed by atoms with Crippen molar-refractivity contribution in [1.29, 1.82) is 0 Å². The Morgan fingerprint density at radius 3 is 2.48 bits per heavy atom. The van der Waals surface area contributed by atoms with E-state index < -0.39 is 23.3 Å². The number of rotatable bonds is 6. The molecule has 1 unspecified atom stereocenters. The van der Waals surface area contributed by atoms with E-state index in [1.165, 1.54) is 13.2 Å². The van der Waals surface area contributed by atoms with Gasteiger partial charge in [0.15, 0.2) is 17.3 Å². The number of imidazole rings is 1. The number of halogens is 3. The topological polar surface area (TPSA) is 92.3 Å². The molecule has 1 aromatic carbocycles. The lowest BCUT2D eigenvalue weighted by atomic mass is 10.1. The molecule has 11 heteroatoms. The van der Waals surface area contributed by atoms with Crippen molar-refractivity contribution in [2.45, 2.75) is 31.1 Å². The number of nitrogens with zero attached hydrogens (tertiary/aromatic N) is 2. The van der Waals surface area contributed by atoms with Gasteiger partial charge in [-0.15, -0.1) is 13.2 Å². The summed E-state index contributed by atoms with van der Waals surface area (Å²) < 4.78 is 64.8. The van der Waals surface area contributed by atoms with Crippen LogP contribution >= 0.6 is 0 Å². The minimum absolute atomic E-state index is 0.0609. The third kappa shape index (κ3) is 4.51. The molecule has 156 valence electrons. The van der Waals surface area contributed by atoms with E-state index in [0.717, 1.165) is 17.2 Å². The maximum absolute atomic E-state index is 12.8. The maximum Gasteiger partial charge on any atom is 0.573 e. The molecule has 2 heterocycles. The van der Waals surface area contributed by atoms with Gasteiger partial charge in [0.2, 0.25) is 0 Å². The van der Waals surface area contributed by atoms with Crippen molar-refractivity contribution in [3.05, 3.63) is 35.2 Å². The van der Waals surface area contributed by atoms with Gasteiger partial charge in [0.25, 0.3) is 0 Å². The number of pyridine rings is 1. The fourth-order valence-corrected chi connectivity index (χ4v) is 3.98. The molecule has 1 atom stereocenters. The molecule has 7 nitrogen and oxygen atoms in total. The number of alkyl halides is 3. The predicted octanol–water partition coefficient (Wildman–Crippen LogP) is 3.80. The lowest BCUT2D eigenvalue weighted by Crippen LogP contribution is -2.17. The zero-order valence-corrected chi connectivity index (χ0v) is 16.8. The van der Waals surface area contributed by atoms with E-state index in [1.54, 1.807) is 13.3 Å². The molecule has 3 rings (SSSR count). The van der Waals surface area contributed by atoms with Crippen molar-refractivity contribution in [2.75, 3.05) is 14.2 Å². The molecule has 0 amide bonds. The van der Waals surface area contributed by atoms with E-state index in [9.17, 15) is 17.7 Å². The first-order chi connectivity index (χ1) is 13.6. The Labute approximate surface area is 167 Å². The quantitative estimate of drug-likeness (QED) is 0.600. The molecule has 0 spiro atoms. The van der Waals surface area contributed by atoms with E-state index in [2.05, 4.69) is 19.7 Å². The first kappa shape index (κ1) is 21.1. The molecule has 0 radical (unpaired) electrons. The Balaban J connectivity index is 1.92. The molecule has 0 aliphatic heterocycles.